The molecule has 1 rings (SSSR count). The molecule has 0 radical (unpaired) electrons. The molecule has 0 bridgehead atoms. The average molecular weight is 350 g/mol. The van der Waals surface area contributed by atoms with Crippen LogP contribution in [-0.2, 0) is 25.7 Å². The van der Waals surface area contributed by atoms with E-state index in [0.717, 1.165) is 6.42 Å². The first-order valence-electron chi connectivity index (χ1n) is 7.83. The van der Waals surface area contributed by atoms with Gasteiger partial charge in [0.1, 0.15) is 6.61 Å². The minimum atomic E-state index is -2.03. The second-order valence-electron chi connectivity index (χ2n) is 5.42. The van der Waals surface area contributed by atoms with Crippen LogP contribution in [0.15, 0.2) is 36.9 Å². The molecule has 1 atom stereocenters. The normalized spacial score (nSPS) is 12.7. The zero-order chi connectivity index (χ0) is 18.9. The summed E-state index contributed by atoms with van der Waals surface area (Å²) in [5, 5.41) is 11.0. The van der Waals surface area contributed by atoms with Gasteiger partial charge in [0.2, 0.25) is 5.54 Å². The summed E-state index contributed by atoms with van der Waals surface area (Å²) >= 11 is 0. The molecule has 8 nitrogen and oxygen atoms in total. The van der Waals surface area contributed by atoms with Crippen LogP contribution in [0.1, 0.15) is 31.7 Å². The fraction of sp³-hybridized carbons (Fsp3) is 0.412. The molecule has 25 heavy (non-hydrogen) atoms. The third kappa shape index (κ3) is 5.39. The molecule has 1 unspecified atom stereocenters. The molecule has 0 aliphatic heterocycles. The van der Waals surface area contributed by atoms with Crippen LogP contribution in [0.25, 0.3) is 0 Å². The molecule has 8 heteroatoms. The van der Waals surface area contributed by atoms with Crippen LogP contribution >= 0.6 is 0 Å². The Kier molecular flexibility index (Phi) is 7.74. The highest BCUT2D eigenvalue weighted by Crippen LogP contribution is 2.20. The van der Waals surface area contributed by atoms with Gasteiger partial charge in [0.25, 0.3) is 5.69 Å². The fourth-order valence-corrected chi connectivity index (χ4v) is 2.00. The van der Waals surface area contributed by atoms with Crippen molar-refractivity contribution in [3.63, 3.8) is 0 Å². The maximum Gasteiger partial charge on any atom is 0.338 e. The van der Waals surface area contributed by atoms with Gasteiger partial charge in [-0.3, -0.25) is 10.1 Å². The lowest BCUT2D eigenvalue weighted by Crippen LogP contribution is -2.56. The summed E-state index contributed by atoms with van der Waals surface area (Å²) in [7, 11) is 0. The Labute approximate surface area is 145 Å². The Bertz CT molecular complexity index is 646. The van der Waals surface area contributed by atoms with E-state index in [2.05, 4.69) is 6.58 Å². The van der Waals surface area contributed by atoms with Crippen molar-refractivity contribution in [2.24, 2.45) is 5.73 Å². The Morgan fingerprint density at radius 3 is 2.56 bits per heavy atom. The van der Waals surface area contributed by atoms with Crippen molar-refractivity contribution in [3.8, 4) is 0 Å². The average Bonchev–Trinajstić information content (AvgIpc) is 2.59. The number of para-hydroxylation sites is 1. The van der Waals surface area contributed by atoms with Gasteiger partial charge in [0, 0.05) is 12.5 Å². The molecule has 0 spiro atoms. The lowest BCUT2D eigenvalue weighted by atomic mass is 9.97. The zero-order valence-corrected chi connectivity index (χ0v) is 14.1. The predicted molar refractivity (Wildman–Crippen MR) is 90.5 cm³/mol. The molecule has 0 saturated heterocycles. The minimum absolute atomic E-state index is 0.142. The van der Waals surface area contributed by atoms with Gasteiger partial charge in [-0.25, -0.2) is 9.59 Å². The van der Waals surface area contributed by atoms with Crippen molar-refractivity contribution in [2.45, 2.75) is 38.3 Å². The van der Waals surface area contributed by atoms with Crippen molar-refractivity contribution in [1.82, 2.24) is 0 Å². The lowest BCUT2D eigenvalue weighted by Gasteiger charge is -2.23. The SMILES string of the molecule is C=CCC(N)(C(=O)OCCCC)C(=O)OCc1ccccc1[N+](=O)[O-]. The van der Waals surface area contributed by atoms with Crippen molar-refractivity contribution in [1.29, 1.82) is 0 Å². The van der Waals surface area contributed by atoms with Gasteiger partial charge in [0.15, 0.2) is 0 Å². The molecule has 0 aromatic heterocycles. The van der Waals surface area contributed by atoms with E-state index >= 15 is 0 Å². The number of esters is 2. The van der Waals surface area contributed by atoms with Gasteiger partial charge in [-0.15, -0.1) is 6.58 Å². The summed E-state index contributed by atoms with van der Waals surface area (Å²) in [5.41, 5.74) is 3.86. The van der Waals surface area contributed by atoms with Crippen LogP contribution in [0.2, 0.25) is 0 Å². The molecule has 0 amide bonds. The Morgan fingerprint density at radius 2 is 1.96 bits per heavy atom. The molecule has 2 N–H and O–H groups in total. The number of nitrogens with zero attached hydrogens (tertiary/aromatic N) is 1. The summed E-state index contributed by atoms with van der Waals surface area (Å²) in [6, 6.07) is 5.83. The molecule has 136 valence electrons. The number of carbonyl (C=O) groups excluding carboxylic acids is 2. The van der Waals surface area contributed by atoms with Crippen molar-refractivity contribution in [3.05, 3.63) is 52.6 Å². The third-order valence-electron chi connectivity index (χ3n) is 3.47. The van der Waals surface area contributed by atoms with Crippen molar-refractivity contribution >= 4 is 17.6 Å². The Morgan fingerprint density at radius 1 is 1.32 bits per heavy atom. The number of rotatable bonds is 10. The second kappa shape index (κ2) is 9.53. The topological polar surface area (TPSA) is 122 Å². The molecule has 1 aromatic rings. The highest BCUT2D eigenvalue weighted by Gasteiger charge is 2.44. The smallest absolute Gasteiger partial charge is 0.338 e. The number of hydrogen-bond acceptors (Lipinski definition) is 7. The molecule has 1 aromatic carbocycles. The van der Waals surface area contributed by atoms with E-state index in [1.807, 2.05) is 6.92 Å². The Hall–Kier alpha value is -2.74. The van der Waals surface area contributed by atoms with Crippen LogP contribution in [0, 0.1) is 10.1 Å². The summed E-state index contributed by atoms with van der Waals surface area (Å²) < 4.78 is 10.1. The molecule has 0 saturated carbocycles. The van der Waals surface area contributed by atoms with E-state index in [-0.39, 0.29) is 30.9 Å². The second-order valence-corrected chi connectivity index (χ2v) is 5.42. The van der Waals surface area contributed by atoms with Crippen LogP contribution < -0.4 is 5.73 Å². The number of nitro groups is 1. The molecular formula is C17H22N2O6. The quantitative estimate of drug-likeness (QED) is 0.171. The highest BCUT2D eigenvalue weighted by molar-refractivity contribution is 6.04. The molecule has 0 heterocycles. The monoisotopic (exact) mass is 350 g/mol. The largest absolute Gasteiger partial charge is 0.464 e. The van der Waals surface area contributed by atoms with E-state index in [1.165, 1.54) is 24.3 Å². The summed E-state index contributed by atoms with van der Waals surface area (Å²) in [6.07, 6.45) is 2.59. The highest BCUT2D eigenvalue weighted by atomic mass is 16.6. The van der Waals surface area contributed by atoms with Crippen LogP contribution in [0.4, 0.5) is 5.69 Å². The first-order chi connectivity index (χ1) is 11.9. The van der Waals surface area contributed by atoms with Gasteiger partial charge in [-0.05, 0) is 12.5 Å². The number of hydrogen-bond donors (Lipinski definition) is 1. The molecule has 0 fully saturated rings. The standard InChI is InChI=1S/C17H22N2O6/c1-3-5-11-24-15(20)17(18,10-4-2)16(21)25-12-13-8-6-7-9-14(13)19(22)23/h4,6-9H,2-3,5,10-12,18H2,1H3. The number of nitrogens with two attached hydrogens (primary N) is 1. The molecular weight excluding hydrogens is 328 g/mol. The Balaban J connectivity index is 2.85. The van der Waals surface area contributed by atoms with Crippen LogP contribution in [0.5, 0.6) is 0 Å². The van der Waals surface area contributed by atoms with E-state index in [4.69, 9.17) is 15.2 Å². The molecule has 0 aliphatic carbocycles. The summed E-state index contributed by atoms with van der Waals surface area (Å²) in [4.78, 5) is 34.9. The number of carbonyl (C=O) groups is 2. The van der Waals surface area contributed by atoms with E-state index in [0.29, 0.717) is 6.42 Å². The van der Waals surface area contributed by atoms with Crippen molar-refractivity contribution in [2.75, 3.05) is 6.61 Å². The number of unbranched alkanes of at least 4 members (excludes halogenated alkanes) is 1. The predicted octanol–water partition coefficient (Wildman–Crippen LogP) is 2.25. The first-order valence-corrected chi connectivity index (χ1v) is 7.83. The molecule has 0 aliphatic rings. The van der Waals surface area contributed by atoms with Crippen molar-refractivity contribution < 1.29 is 24.0 Å². The number of nitro benzene ring substituents is 1. The van der Waals surface area contributed by atoms with Crippen LogP contribution in [0.3, 0.4) is 0 Å². The van der Waals surface area contributed by atoms with Gasteiger partial charge in [0.05, 0.1) is 17.1 Å². The van der Waals surface area contributed by atoms with Gasteiger partial charge in [-0.2, -0.15) is 0 Å². The minimum Gasteiger partial charge on any atom is -0.464 e. The summed E-state index contributed by atoms with van der Waals surface area (Å²) in [5.74, 6) is -1.93. The first kappa shape index (κ1) is 20.3. The van der Waals surface area contributed by atoms with E-state index < -0.39 is 22.4 Å². The third-order valence-corrected chi connectivity index (χ3v) is 3.47. The van der Waals surface area contributed by atoms with E-state index in [9.17, 15) is 19.7 Å². The summed E-state index contributed by atoms with van der Waals surface area (Å²) in [6.45, 7) is 5.16. The van der Waals surface area contributed by atoms with Gasteiger partial charge in [-0.1, -0.05) is 31.6 Å². The fourth-order valence-electron chi connectivity index (χ4n) is 2.00. The van der Waals surface area contributed by atoms with Crippen LogP contribution in [-0.4, -0.2) is 29.0 Å². The van der Waals surface area contributed by atoms with Gasteiger partial charge >= 0.3 is 11.9 Å². The van der Waals surface area contributed by atoms with E-state index in [1.54, 1.807) is 6.07 Å². The lowest BCUT2D eigenvalue weighted by molar-refractivity contribution is -0.385. The number of benzene rings is 1. The maximum absolute atomic E-state index is 12.3. The zero-order valence-electron chi connectivity index (χ0n) is 14.1. The maximum atomic E-state index is 12.3. The van der Waals surface area contributed by atoms with Gasteiger partial charge < -0.3 is 15.2 Å². The number of ether oxygens (including phenoxy) is 2.